The lowest BCUT2D eigenvalue weighted by Gasteiger charge is -2.39. The van der Waals surface area contributed by atoms with E-state index in [2.05, 4.69) is 0 Å². The van der Waals surface area contributed by atoms with Crippen LogP contribution in [-0.4, -0.2) is 43.2 Å². The van der Waals surface area contributed by atoms with Crippen LogP contribution in [0.5, 0.6) is 0 Å². The Kier molecular flexibility index (Phi) is 6.09. The smallest absolute Gasteiger partial charge is 0.227 e. The average molecular weight is 291 g/mol. The van der Waals surface area contributed by atoms with E-state index in [1.54, 1.807) is 7.11 Å². The maximum absolute atomic E-state index is 12.6. The molecule has 0 bridgehead atoms. The van der Waals surface area contributed by atoms with Gasteiger partial charge in [-0.2, -0.15) is 0 Å². The summed E-state index contributed by atoms with van der Waals surface area (Å²) >= 11 is 0. The summed E-state index contributed by atoms with van der Waals surface area (Å²) < 4.78 is 5.18. The molecule has 3 unspecified atom stereocenters. The van der Waals surface area contributed by atoms with Crippen molar-refractivity contribution in [3.63, 3.8) is 0 Å². The van der Waals surface area contributed by atoms with Crippen LogP contribution in [0.2, 0.25) is 0 Å². The second-order valence-electron chi connectivity index (χ2n) is 6.20. The molecule has 1 heterocycles. The zero-order valence-corrected chi connectivity index (χ0v) is 12.9. The molecule has 0 spiro atoms. The highest BCUT2D eigenvalue weighted by molar-refractivity contribution is 5.85. The van der Waals surface area contributed by atoms with Crippen molar-refractivity contribution < 1.29 is 9.53 Å². The molecule has 3 atom stereocenters. The number of hydrogen-bond acceptors (Lipinski definition) is 3. The lowest BCUT2D eigenvalue weighted by Crippen LogP contribution is -2.53. The van der Waals surface area contributed by atoms with Crippen molar-refractivity contribution in [2.75, 3.05) is 26.8 Å². The van der Waals surface area contributed by atoms with E-state index in [4.69, 9.17) is 10.5 Å². The van der Waals surface area contributed by atoms with Gasteiger partial charge in [-0.3, -0.25) is 4.79 Å². The summed E-state index contributed by atoms with van der Waals surface area (Å²) in [6, 6.07) is 0. The quantitative estimate of drug-likeness (QED) is 0.862. The highest BCUT2D eigenvalue weighted by Crippen LogP contribution is 2.34. The Hall–Kier alpha value is -0.320. The monoisotopic (exact) mass is 290 g/mol. The Balaban J connectivity index is 0.00000180. The van der Waals surface area contributed by atoms with Crippen LogP contribution in [0.1, 0.15) is 39.0 Å². The van der Waals surface area contributed by atoms with Crippen LogP contribution in [-0.2, 0) is 9.53 Å². The standard InChI is InChI=1S/C14H26N2O2.ClH/c1-14(15)7-4-3-5-12(14)13(17)16-8-6-11(9-16)10-18-2;/h11-12H,3-10,15H2,1-2H3;1H. The number of nitrogens with zero attached hydrogens (tertiary/aromatic N) is 1. The largest absolute Gasteiger partial charge is 0.384 e. The van der Waals surface area contributed by atoms with Crippen molar-refractivity contribution in [2.45, 2.75) is 44.6 Å². The van der Waals surface area contributed by atoms with E-state index in [0.717, 1.165) is 51.8 Å². The molecule has 1 saturated carbocycles. The number of ether oxygens (including phenoxy) is 1. The van der Waals surface area contributed by atoms with Crippen LogP contribution in [0.4, 0.5) is 0 Å². The highest BCUT2D eigenvalue weighted by Gasteiger charge is 2.41. The van der Waals surface area contributed by atoms with Crippen molar-refractivity contribution in [2.24, 2.45) is 17.6 Å². The summed E-state index contributed by atoms with van der Waals surface area (Å²) in [5.74, 6) is 0.803. The Morgan fingerprint density at radius 3 is 2.79 bits per heavy atom. The second-order valence-corrected chi connectivity index (χ2v) is 6.20. The van der Waals surface area contributed by atoms with Crippen molar-refractivity contribution in [1.29, 1.82) is 0 Å². The van der Waals surface area contributed by atoms with E-state index in [-0.39, 0.29) is 29.8 Å². The molecule has 2 rings (SSSR count). The molecule has 1 saturated heterocycles. The summed E-state index contributed by atoms with van der Waals surface area (Å²) in [7, 11) is 1.72. The van der Waals surface area contributed by atoms with E-state index in [0.29, 0.717) is 5.92 Å². The number of nitrogens with two attached hydrogens (primary N) is 1. The van der Waals surface area contributed by atoms with Gasteiger partial charge >= 0.3 is 0 Å². The van der Waals surface area contributed by atoms with Crippen LogP contribution in [0, 0.1) is 11.8 Å². The van der Waals surface area contributed by atoms with Gasteiger partial charge in [0.2, 0.25) is 5.91 Å². The number of carbonyl (C=O) groups is 1. The Labute approximate surface area is 122 Å². The van der Waals surface area contributed by atoms with Gasteiger partial charge in [-0.1, -0.05) is 12.8 Å². The molecule has 0 aromatic heterocycles. The third-order valence-electron chi connectivity index (χ3n) is 4.55. The van der Waals surface area contributed by atoms with Crippen LogP contribution < -0.4 is 5.73 Å². The fourth-order valence-corrected chi connectivity index (χ4v) is 3.39. The van der Waals surface area contributed by atoms with E-state index in [1.165, 1.54) is 0 Å². The van der Waals surface area contributed by atoms with Gasteiger partial charge in [-0.15, -0.1) is 12.4 Å². The fourth-order valence-electron chi connectivity index (χ4n) is 3.39. The van der Waals surface area contributed by atoms with Gasteiger partial charge in [0.05, 0.1) is 12.5 Å². The first kappa shape index (κ1) is 16.7. The minimum atomic E-state index is -0.311. The van der Waals surface area contributed by atoms with Crippen LogP contribution in [0.3, 0.4) is 0 Å². The van der Waals surface area contributed by atoms with Crippen molar-refractivity contribution in [3.05, 3.63) is 0 Å². The molecular weight excluding hydrogens is 264 g/mol. The van der Waals surface area contributed by atoms with Gasteiger partial charge in [-0.25, -0.2) is 0 Å². The summed E-state index contributed by atoms with van der Waals surface area (Å²) in [6.45, 7) is 4.52. The Morgan fingerprint density at radius 1 is 1.42 bits per heavy atom. The zero-order chi connectivity index (χ0) is 13.2. The second kappa shape index (κ2) is 6.91. The molecule has 0 aromatic carbocycles. The van der Waals surface area contributed by atoms with Crippen LogP contribution >= 0.6 is 12.4 Å². The molecule has 1 aliphatic heterocycles. The Morgan fingerprint density at radius 2 is 2.16 bits per heavy atom. The molecule has 5 heteroatoms. The average Bonchev–Trinajstić information content (AvgIpc) is 2.77. The maximum atomic E-state index is 12.6. The molecule has 0 aromatic rings. The number of carbonyl (C=O) groups excluding carboxylic acids is 1. The number of likely N-dealkylation sites (tertiary alicyclic amines) is 1. The minimum Gasteiger partial charge on any atom is -0.384 e. The maximum Gasteiger partial charge on any atom is 0.227 e. The first-order valence-corrected chi connectivity index (χ1v) is 7.11. The van der Waals surface area contributed by atoms with E-state index < -0.39 is 0 Å². The molecule has 2 N–H and O–H groups in total. The van der Waals surface area contributed by atoms with Crippen molar-refractivity contribution in [3.8, 4) is 0 Å². The lowest BCUT2D eigenvalue weighted by atomic mass is 9.74. The topological polar surface area (TPSA) is 55.6 Å². The third kappa shape index (κ3) is 3.83. The summed E-state index contributed by atoms with van der Waals surface area (Å²) in [6.07, 6.45) is 5.28. The number of methoxy groups -OCH3 is 1. The highest BCUT2D eigenvalue weighted by atomic mass is 35.5. The van der Waals surface area contributed by atoms with Gasteiger partial charge in [0.25, 0.3) is 0 Å². The summed E-state index contributed by atoms with van der Waals surface area (Å²) in [5, 5.41) is 0. The SMILES string of the molecule is COCC1CCN(C(=O)C2CCCCC2(C)N)C1.Cl. The number of rotatable bonds is 3. The first-order chi connectivity index (χ1) is 8.54. The molecule has 1 amide bonds. The van der Waals surface area contributed by atoms with E-state index in [1.807, 2.05) is 11.8 Å². The first-order valence-electron chi connectivity index (χ1n) is 7.11. The molecule has 19 heavy (non-hydrogen) atoms. The number of hydrogen-bond donors (Lipinski definition) is 1. The van der Waals surface area contributed by atoms with Gasteiger partial charge in [0.15, 0.2) is 0 Å². The Bertz CT molecular complexity index is 310. The molecule has 2 aliphatic rings. The van der Waals surface area contributed by atoms with E-state index >= 15 is 0 Å². The molecular formula is C14H27ClN2O2. The molecule has 2 fully saturated rings. The van der Waals surface area contributed by atoms with Gasteiger partial charge in [0, 0.05) is 31.7 Å². The number of amides is 1. The minimum absolute atomic E-state index is 0. The lowest BCUT2D eigenvalue weighted by molar-refractivity contribution is -0.138. The normalized spacial score (nSPS) is 35.0. The molecule has 112 valence electrons. The van der Waals surface area contributed by atoms with Crippen LogP contribution in [0.15, 0.2) is 0 Å². The third-order valence-corrected chi connectivity index (χ3v) is 4.55. The van der Waals surface area contributed by atoms with Gasteiger partial charge < -0.3 is 15.4 Å². The fraction of sp³-hybridized carbons (Fsp3) is 0.929. The van der Waals surface area contributed by atoms with Gasteiger partial charge in [-0.05, 0) is 26.2 Å². The van der Waals surface area contributed by atoms with Crippen molar-refractivity contribution >= 4 is 18.3 Å². The van der Waals surface area contributed by atoms with Crippen molar-refractivity contribution in [1.82, 2.24) is 4.90 Å². The van der Waals surface area contributed by atoms with Crippen LogP contribution in [0.25, 0.3) is 0 Å². The predicted octanol–water partition coefficient (Wildman–Crippen LogP) is 1.81. The predicted molar refractivity (Wildman–Crippen MR) is 78.4 cm³/mol. The zero-order valence-electron chi connectivity index (χ0n) is 12.1. The molecule has 4 nitrogen and oxygen atoms in total. The molecule has 1 aliphatic carbocycles. The summed E-state index contributed by atoms with van der Waals surface area (Å²) in [5.41, 5.74) is 6.00. The number of halogens is 1. The van der Waals surface area contributed by atoms with E-state index in [9.17, 15) is 4.79 Å². The van der Waals surface area contributed by atoms with Gasteiger partial charge in [0.1, 0.15) is 0 Å². The molecule has 0 radical (unpaired) electrons. The summed E-state index contributed by atoms with van der Waals surface area (Å²) in [4.78, 5) is 14.6.